The summed E-state index contributed by atoms with van der Waals surface area (Å²) in [5, 5.41) is 8.68. The molecule has 1 aromatic rings. The first-order chi connectivity index (χ1) is 7.40. The molecule has 4 heteroatoms. The van der Waals surface area contributed by atoms with Gasteiger partial charge in [-0.05, 0) is 36.2 Å². The van der Waals surface area contributed by atoms with Crippen LogP contribution in [0, 0.1) is 0 Å². The van der Waals surface area contributed by atoms with E-state index in [0.717, 1.165) is 21.2 Å². The molecule has 1 atom stereocenters. The van der Waals surface area contributed by atoms with Crippen molar-refractivity contribution in [3.8, 4) is 0 Å². The van der Waals surface area contributed by atoms with Gasteiger partial charge in [0.2, 0.25) is 0 Å². The Morgan fingerprint density at radius 2 is 2.19 bits per heavy atom. The van der Waals surface area contributed by atoms with Crippen LogP contribution in [0.3, 0.4) is 0 Å². The Morgan fingerprint density at radius 3 is 2.69 bits per heavy atom. The van der Waals surface area contributed by atoms with Crippen molar-refractivity contribution in [2.24, 2.45) is 5.73 Å². The molecule has 0 saturated heterocycles. The van der Waals surface area contributed by atoms with Crippen molar-refractivity contribution in [2.45, 2.75) is 19.4 Å². The third kappa shape index (κ3) is 3.47. The van der Waals surface area contributed by atoms with E-state index in [4.69, 9.17) is 10.8 Å². The molecule has 3 nitrogen and oxygen atoms in total. The van der Waals surface area contributed by atoms with Gasteiger partial charge >= 0.3 is 5.97 Å². The molecule has 0 radical (unpaired) electrons. The van der Waals surface area contributed by atoms with Gasteiger partial charge in [0.05, 0.1) is 6.42 Å². The predicted molar refractivity (Wildman–Crippen MR) is 68.0 cm³/mol. The van der Waals surface area contributed by atoms with E-state index in [9.17, 15) is 4.79 Å². The van der Waals surface area contributed by atoms with Gasteiger partial charge in [-0.15, -0.1) is 0 Å². The quantitative estimate of drug-likeness (QED) is 0.893. The maximum atomic E-state index is 10.6. The fraction of sp³-hybridized carbons (Fsp3) is 0.250. The summed E-state index contributed by atoms with van der Waals surface area (Å²) in [5.41, 5.74) is 8.49. The molecule has 0 aliphatic heterocycles. The average Bonchev–Trinajstić information content (AvgIpc) is 2.15. The van der Waals surface area contributed by atoms with E-state index in [1.807, 2.05) is 25.1 Å². The Kier molecular flexibility index (Phi) is 4.26. The van der Waals surface area contributed by atoms with Crippen LogP contribution in [-0.4, -0.2) is 11.1 Å². The van der Waals surface area contributed by atoms with E-state index in [1.54, 1.807) is 0 Å². The molecule has 0 bridgehead atoms. The van der Waals surface area contributed by atoms with Crippen molar-refractivity contribution in [2.75, 3.05) is 0 Å². The summed E-state index contributed by atoms with van der Waals surface area (Å²) >= 11 is 3.37. The lowest BCUT2D eigenvalue weighted by atomic mass is 10.00. The van der Waals surface area contributed by atoms with Crippen LogP contribution < -0.4 is 5.73 Å². The highest BCUT2D eigenvalue weighted by Crippen LogP contribution is 2.24. The van der Waals surface area contributed by atoms with Gasteiger partial charge in [0.1, 0.15) is 0 Å². The summed E-state index contributed by atoms with van der Waals surface area (Å²) in [6.45, 7) is 5.75. The zero-order valence-electron chi connectivity index (χ0n) is 9.03. The molecule has 1 aromatic carbocycles. The van der Waals surface area contributed by atoms with Crippen LogP contribution in [-0.2, 0) is 4.79 Å². The second-order valence-corrected chi connectivity index (χ2v) is 4.67. The number of rotatable bonds is 4. The van der Waals surface area contributed by atoms with Gasteiger partial charge in [-0.25, -0.2) is 0 Å². The molecule has 0 fully saturated rings. The number of carboxylic acid groups (broad SMARTS) is 1. The predicted octanol–water partition coefficient (Wildman–Crippen LogP) is 2.96. The van der Waals surface area contributed by atoms with Crippen LogP contribution >= 0.6 is 15.9 Å². The molecular weight excluding hydrogens is 270 g/mol. The monoisotopic (exact) mass is 283 g/mol. The normalized spacial score (nSPS) is 12.2. The minimum absolute atomic E-state index is 0.0773. The maximum Gasteiger partial charge on any atom is 0.305 e. The third-order valence-corrected chi connectivity index (χ3v) is 2.69. The molecular formula is C12H14BrNO2. The summed E-state index contributed by atoms with van der Waals surface area (Å²) in [4.78, 5) is 10.6. The van der Waals surface area contributed by atoms with Gasteiger partial charge in [-0.2, -0.15) is 0 Å². The summed E-state index contributed by atoms with van der Waals surface area (Å²) < 4.78 is 0.879. The Morgan fingerprint density at radius 1 is 1.56 bits per heavy atom. The van der Waals surface area contributed by atoms with Crippen LogP contribution in [0.15, 0.2) is 29.3 Å². The maximum absolute atomic E-state index is 10.6. The molecule has 3 N–H and O–H groups in total. The summed E-state index contributed by atoms with van der Waals surface area (Å²) in [7, 11) is 0. The van der Waals surface area contributed by atoms with E-state index in [0.29, 0.717) is 0 Å². The molecule has 86 valence electrons. The number of benzene rings is 1. The first kappa shape index (κ1) is 12.9. The zero-order valence-corrected chi connectivity index (χ0v) is 10.6. The lowest BCUT2D eigenvalue weighted by molar-refractivity contribution is -0.137. The lowest BCUT2D eigenvalue weighted by Gasteiger charge is -2.12. The van der Waals surface area contributed by atoms with Crippen molar-refractivity contribution in [3.63, 3.8) is 0 Å². The SMILES string of the molecule is C=C(C)c1cc(Br)cc(C(N)CC(=O)O)c1. The molecule has 1 rings (SSSR count). The van der Waals surface area contributed by atoms with Crippen LogP contribution in [0.1, 0.15) is 30.5 Å². The third-order valence-electron chi connectivity index (χ3n) is 2.24. The van der Waals surface area contributed by atoms with Crippen LogP contribution in [0.5, 0.6) is 0 Å². The number of carboxylic acids is 1. The number of allylic oxidation sites excluding steroid dienone is 1. The second kappa shape index (κ2) is 5.27. The second-order valence-electron chi connectivity index (χ2n) is 3.76. The summed E-state index contributed by atoms with van der Waals surface area (Å²) in [6.07, 6.45) is -0.0773. The van der Waals surface area contributed by atoms with Gasteiger partial charge in [0, 0.05) is 10.5 Å². The van der Waals surface area contributed by atoms with Crippen LogP contribution in [0.25, 0.3) is 5.57 Å². The molecule has 0 heterocycles. The zero-order chi connectivity index (χ0) is 12.3. The largest absolute Gasteiger partial charge is 0.481 e. The molecule has 0 saturated carbocycles. The molecule has 1 unspecified atom stereocenters. The molecule has 0 spiro atoms. The average molecular weight is 284 g/mol. The first-order valence-electron chi connectivity index (χ1n) is 4.84. The fourth-order valence-electron chi connectivity index (χ4n) is 1.38. The topological polar surface area (TPSA) is 63.3 Å². The van der Waals surface area contributed by atoms with E-state index < -0.39 is 12.0 Å². The number of aliphatic carboxylic acids is 1. The van der Waals surface area contributed by atoms with E-state index in [2.05, 4.69) is 22.5 Å². The van der Waals surface area contributed by atoms with Gasteiger partial charge in [0.25, 0.3) is 0 Å². The van der Waals surface area contributed by atoms with E-state index in [1.165, 1.54) is 0 Å². The van der Waals surface area contributed by atoms with Gasteiger partial charge in [-0.1, -0.05) is 28.1 Å². The van der Waals surface area contributed by atoms with Crippen LogP contribution in [0.2, 0.25) is 0 Å². The van der Waals surface area contributed by atoms with Crippen LogP contribution in [0.4, 0.5) is 0 Å². The highest BCUT2D eigenvalue weighted by atomic mass is 79.9. The lowest BCUT2D eigenvalue weighted by Crippen LogP contribution is -2.15. The Hall–Kier alpha value is -1.13. The Balaban J connectivity index is 3.04. The van der Waals surface area contributed by atoms with Crippen molar-refractivity contribution in [3.05, 3.63) is 40.4 Å². The number of hydrogen-bond acceptors (Lipinski definition) is 2. The van der Waals surface area contributed by atoms with Gasteiger partial charge in [-0.3, -0.25) is 4.79 Å². The van der Waals surface area contributed by atoms with Crippen molar-refractivity contribution in [1.29, 1.82) is 0 Å². The number of hydrogen-bond donors (Lipinski definition) is 2. The molecule has 0 aliphatic carbocycles. The fourth-order valence-corrected chi connectivity index (χ4v) is 1.89. The van der Waals surface area contributed by atoms with E-state index in [-0.39, 0.29) is 6.42 Å². The minimum atomic E-state index is -0.899. The van der Waals surface area contributed by atoms with Crippen molar-refractivity contribution in [1.82, 2.24) is 0 Å². The Labute approximate surface area is 103 Å². The first-order valence-corrected chi connectivity index (χ1v) is 5.63. The Bertz CT molecular complexity index is 429. The van der Waals surface area contributed by atoms with E-state index >= 15 is 0 Å². The highest BCUT2D eigenvalue weighted by molar-refractivity contribution is 9.10. The molecule has 16 heavy (non-hydrogen) atoms. The van der Waals surface area contributed by atoms with Gasteiger partial charge in [0.15, 0.2) is 0 Å². The van der Waals surface area contributed by atoms with Crippen molar-refractivity contribution >= 4 is 27.5 Å². The van der Waals surface area contributed by atoms with Crippen molar-refractivity contribution < 1.29 is 9.90 Å². The number of carbonyl (C=O) groups is 1. The molecule has 0 aliphatic rings. The molecule has 0 aromatic heterocycles. The summed E-state index contributed by atoms with van der Waals surface area (Å²) in [6, 6.07) is 5.15. The molecule has 0 amide bonds. The standard InChI is InChI=1S/C12H14BrNO2/c1-7(2)8-3-9(5-10(13)4-8)11(14)6-12(15)16/h3-5,11H,1,6,14H2,2H3,(H,15,16). The summed E-state index contributed by atoms with van der Waals surface area (Å²) in [5.74, 6) is -0.899. The number of halogens is 1. The highest BCUT2D eigenvalue weighted by Gasteiger charge is 2.12. The minimum Gasteiger partial charge on any atom is -0.481 e. The smallest absolute Gasteiger partial charge is 0.305 e. The number of nitrogens with two attached hydrogens (primary N) is 1. The van der Waals surface area contributed by atoms with Gasteiger partial charge < -0.3 is 10.8 Å².